The molecular weight excluding hydrogens is 443 g/mol. The van der Waals surface area contributed by atoms with Crippen LogP contribution >= 0.6 is 24.2 Å². The second-order valence-corrected chi connectivity index (χ2v) is 7.98. The first-order chi connectivity index (χ1) is 14.7. The molecule has 0 aromatic heterocycles. The first-order valence-corrected chi connectivity index (χ1v) is 10.5. The number of nitrogens with one attached hydrogen (secondary N) is 1. The summed E-state index contributed by atoms with van der Waals surface area (Å²) in [5.41, 5.74) is -3.61. The quantitative estimate of drug-likeness (QED) is 0.349. The van der Waals surface area contributed by atoms with Gasteiger partial charge in [0.15, 0.2) is 5.54 Å². The highest BCUT2D eigenvalue weighted by Crippen LogP contribution is 2.33. The predicted molar refractivity (Wildman–Crippen MR) is 124 cm³/mol. The number of hydrogen-bond donors (Lipinski definition) is 2. The number of carbonyl (C=O) groups is 2. The van der Waals surface area contributed by atoms with E-state index in [1.54, 1.807) is 24.3 Å². The standard InChI is InChI=1S/C21H26ClFN4O3S/c1-21(14(12-24-2)13-25-3,20(29)26-15-8-10-30-11-9-15)27(19(28)18(22)23)16-4-6-17(31)7-5-16/h4-7,12-13,15,18,31H,2,8-11H2,1,3H3,(H,26,29)/b14-12+,25-13?/t18-,21-/m0/s1. The van der Waals surface area contributed by atoms with E-state index in [2.05, 4.69) is 34.6 Å². The van der Waals surface area contributed by atoms with Crippen molar-refractivity contribution in [2.45, 2.75) is 41.9 Å². The van der Waals surface area contributed by atoms with Gasteiger partial charge < -0.3 is 10.1 Å². The van der Waals surface area contributed by atoms with Crippen LogP contribution in [0.15, 0.2) is 50.9 Å². The van der Waals surface area contributed by atoms with Crippen LogP contribution in [-0.4, -0.2) is 62.2 Å². The summed E-state index contributed by atoms with van der Waals surface area (Å²) in [5.74, 6) is -1.63. The van der Waals surface area contributed by atoms with Crippen LogP contribution in [-0.2, 0) is 14.3 Å². The van der Waals surface area contributed by atoms with Gasteiger partial charge in [0, 0.05) is 54.9 Å². The molecule has 1 N–H and O–H groups in total. The van der Waals surface area contributed by atoms with E-state index in [1.165, 1.54) is 26.4 Å². The van der Waals surface area contributed by atoms with E-state index in [0.29, 0.717) is 31.0 Å². The molecule has 2 atom stereocenters. The molecule has 168 valence electrons. The summed E-state index contributed by atoms with van der Waals surface area (Å²) in [4.78, 5) is 36.0. The van der Waals surface area contributed by atoms with E-state index in [1.807, 2.05) is 0 Å². The van der Waals surface area contributed by atoms with Crippen LogP contribution in [0.5, 0.6) is 0 Å². The number of alkyl halides is 2. The van der Waals surface area contributed by atoms with Crippen molar-refractivity contribution in [2.75, 3.05) is 25.2 Å². The van der Waals surface area contributed by atoms with Crippen LogP contribution in [0.25, 0.3) is 0 Å². The fourth-order valence-electron chi connectivity index (χ4n) is 3.36. The Labute approximate surface area is 191 Å². The summed E-state index contributed by atoms with van der Waals surface area (Å²) in [7, 11) is 1.51. The molecule has 1 saturated heterocycles. The van der Waals surface area contributed by atoms with Crippen molar-refractivity contribution in [3.8, 4) is 0 Å². The van der Waals surface area contributed by atoms with Crippen molar-refractivity contribution >= 4 is 54.7 Å². The van der Waals surface area contributed by atoms with Crippen LogP contribution in [0.3, 0.4) is 0 Å². The van der Waals surface area contributed by atoms with Gasteiger partial charge in [0.1, 0.15) is 0 Å². The van der Waals surface area contributed by atoms with E-state index in [4.69, 9.17) is 16.3 Å². The molecular formula is C21H26ClFN4O3S. The van der Waals surface area contributed by atoms with Gasteiger partial charge in [-0.15, -0.1) is 12.6 Å². The molecule has 1 aliphatic heterocycles. The van der Waals surface area contributed by atoms with Crippen LogP contribution in [0.2, 0.25) is 0 Å². The van der Waals surface area contributed by atoms with Gasteiger partial charge in [0.05, 0.1) is 0 Å². The molecule has 1 aromatic carbocycles. The summed E-state index contributed by atoms with van der Waals surface area (Å²) >= 11 is 9.81. The third kappa shape index (κ3) is 5.93. The summed E-state index contributed by atoms with van der Waals surface area (Å²) < 4.78 is 19.5. The molecule has 1 aliphatic rings. The Balaban J connectivity index is 2.66. The lowest BCUT2D eigenvalue weighted by atomic mass is 9.87. The minimum absolute atomic E-state index is 0.161. The number of carbonyl (C=O) groups excluding carboxylic acids is 2. The number of halogens is 2. The molecule has 31 heavy (non-hydrogen) atoms. The average molecular weight is 469 g/mol. The molecule has 1 fully saturated rings. The smallest absolute Gasteiger partial charge is 0.278 e. The van der Waals surface area contributed by atoms with Crippen molar-refractivity contribution in [2.24, 2.45) is 9.98 Å². The fraction of sp³-hybridized carbons (Fsp3) is 0.429. The highest BCUT2D eigenvalue weighted by molar-refractivity contribution is 7.80. The van der Waals surface area contributed by atoms with E-state index in [-0.39, 0.29) is 17.3 Å². The van der Waals surface area contributed by atoms with Crippen molar-refractivity contribution in [3.05, 3.63) is 36.0 Å². The third-order valence-corrected chi connectivity index (χ3v) is 5.51. The molecule has 2 rings (SSSR count). The Morgan fingerprint density at radius 2 is 2.00 bits per heavy atom. The van der Waals surface area contributed by atoms with Crippen LogP contribution in [0, 0.1) is 0 Å². The zero-order valence-electron chi connectivity index (χ0n) is 17.4. The van der Waals surface area contributed by atoms with Gasteiger partial charge in [0.25, 0.3) is 17.4 Å². The molecule has 10 heteroatoms. The van der Waals surface area contributed by atoms with Crippen LogP contribution in [0.1, 0.15) is 19.8 Å². The number of hydrogen-bond acceptors (Lipinski definition) is 6. The minimum Gasteiger partial charge on any atom is -0.381 e. The van der Waals surface area contributed by atoms with Crippen molar-refractivity contribution < 1.29 is 18.7 Å². The van der Waals surface area contributed by atoms with E-state index in [9.17, 15) is 14.0 Å². The van der Waals surface area contributed by atoms with Gasteiger partial charge >= 0.3 is 0 Å². The Morgan fingerprint density at radius 1 is 1.39 bits per heavy atom. The number of amides is 2. The monoisotopic (exact) mass is 468 g/mol. The number of thiol groups is 1. The molecule has 0 saturated carbocycles. The maximum atomic E-state index is 14.1. The Hall–Kier alpha value is -2.23. The van der Waals surface area contributed by atoms with Crippen molar-refractivity contribution in [3.63, 3.8) is 0 Å². The lowest BCUT2D eigenvalue weighted by molar-refractivity contribution is -0.130. The van der Waals surface area contributed by atoms with Gasteiger partial charge in [-0.2, -0.15) is 0 Å². The topological polar surface area (TPSA) is 83.4 Å². The molecule has 0 aliphatic carbocycles. The largest absolute Gasteiger partial charge is 0.381 e. The molecule has 0 unspecified atom stereocenters. The summed E-state index contributed by atoms with van der Waals surface area (Å²) in [6, 6.07) is 6.20. The first-order valence-electron chi connectivity index (χ1n) is 9.64. The minimum atomic E-state index is -2.37. The van der Waals surface area contributed by atoms with E-state index >= 15 is 0 Å². The van der Waals surface area contributed by atoms with Gasteiger partial charge in [-0.1, -0.05) is 11.6 Å². The van der Waals surface area contributed by atoms with Crippen molar-refractivity contribution in [1.29, 1.82) is 0 Å². The maximum absolute atomic E-state index is 14.1. The Bertz CT molecular complexity index is 857. The average Bonchev–Trinajstić information content (AvgIpc) is 2.75. The zero-order valence-corrected chi connectivity index (χ0v) is 19.1. The number of nitrogens with zero attached hydrogens (tertiary/aromatic N) is 3. The number of anilines is 1. The van der Waals surface area contributed by atoms with Crippen LogP contribution in [0.4, 0.5) is 10.1 Å². The predicted octanol–water partition coefficient (Wildman–Crippen LogP) is 3.18. The first kappa shape index (κ1) is 25.0. The lowest BCUT2D eigenvalue weighted by Crippen LogP contribution is -2.63. The highest BCUT2D eigenvalue weighted by Gasteiger charge is 2.48. The second-order valence-electron chi connectivity index (χ2n) is 7.08. The summed E-state index contributed by atoms with van der Waals surface area (Å²) in [5, 5.41) is 2.95. The molecule has 0 bridgehead atoms. The zero-order chi connectivity index (χ0) is 23.0. The molecule has 0 radical (unpaired) electrons. The number of benzene rings is 1. The van der Waals surface area contributed by atoms with E-state index in [0.717, 1.165) is 4.90 Å². The third-order valence-electron chi connectivity index (χ3n) is 5.02. The molecule has 7 nitrogen and oxygen atoms in total. The fourth-order valence-corrected chi connectivity index (χ4v) is 3.60. The summed E-state index contributed by atoms with van der Waals surface area (Å²) in [6.45, 7) is 5.96. The number of rotatable bonds is 8. The highest BCUT2D eigenvalue weighted by atomic mass is 35.5. The van der Waals surface area contributed by atoms with Gasteiger partial charge in [0.2, 0.25) is 0 Å². The lowest BCUT2D eigenvalue weighted by Gasteiger charge is -2.41. The summed E-state index contributed by atoms with van der Waals surface area (Å²) in [6.07, 6.45) is 3.93. The maximum Gasteiger partial charge on any atom is 0.278 e. The number of aliphatic imine (C=N–C) groups is 2. The normalized spacial score (nSPS) is 18.3. The Morgan fingerprint density at radius 3 is 2.52 bits per heavy atom. The molecule has 0 spiro atoms. The van der Waals surface area contributed by atoms with Crippen LogP contribution < -0.4 is 10.2 Å². The SMILES string of the molecule is C=N/C=C(\C=NC)[C@@](C)(C(=O)NC1CCOCC1)N(C(=O)[C@H](F)Cl)c1ccc(S)cc1. The van der Waals surface area contributed by atoms with Gasteiger partial charge in [-0.05, 0) is 50.7 Å². The van der Waals surface area contributed by atoms with Crippen molar-refractivity contribution in [1.82, 2.24) is 5.32 Å². The van der Waals surface area contributed by atoms with Gasteiger partial charge in [-0.25, -0.2) is 4.39 Å². The Kier molecular flexibility index (Phi) is 9.21. The second kappa shape index (κ2) is 11.4. The molecule has 1 heterocycles. The molecule has 2 amide bonds. The molecule has 1 aromatic rings. The van der Waals surface area contributed by atoms with E-state index < -0.39 is 23.0 Å². The van der Waals surface area contributed by atoms with Gasteiger partial charge in [-0.3, -0.25) is 24.5 Å². The number of ether oxygens (including phenoxy) is 1.